The first kappa shape index (κ1) is 18.5. The second-order valence-electron chi connectivity index (χ2n) is 8.82. The lowest BCUT2D eigenvalue weighted by atomic mass is 9.88. The van der Waals surface area contributed by atoms with Crippen LogP contribution in [0.4, 0.5) is 0 Å². The summed E-state index contributed by atoms with van der Waals surface area (Å²) in [6.45, 7) is 9.37. The zero-order valence-corrected chi connectivity index (χ0v) is 16.5. The third-order valence-corrected chi connectivity index (χ3v) is 6.91. The molecule has 1 aromatic rings. The van der Waals surface area contributed by atoms with Crippen LogP contribution in [0.2, 0.25) is 0 Å². The van der Waals surface area contributed by atoms with Gasteiger partial charge in [0.25, 0.3) is 0 Å². The molecule has 0 amide bonds. The first-order valence-electron chi connectivity index (χ1n) is 10.9. The monoisotopic (exact) mass is 356 g/mol. The van der Waals surface area contributed by atoms with E-state index in [9.17, 15) is 0 Å². The van der Waals surface area contributed by atoms with Crippen molar-refractivity contribution in [1.82, 2.24) is 9.80 Å². The van der Waals surface area contributed by atoms with Crippen LogP contribution < -0.4 is 0 Å². The van der Waals surface area contributed by atoms with Gasteiger partial charge >= 0.3 is 0 Å². The van der Waals surface area contributed by atoms with Crippen molar-refractivity contribution in [3.05, 3.63) is 35.4 Å². The molecule has 26 heavy (non-hydrogen) atoms. The molecule has 1 atom stereocenters. The van der Waals surface area contributed by atoms with Gasteiger partial charge in [0.2, 0.25) is 0 Å². The van der Waals surface area contributed by atoms with Crippen molar-refractivity contribution in [3.8, 4) is 0 Å². The minimum Gasteiger partial charge on any atom is -0.377 e. The number of benzene rings is 1. The lowest BCUT2D eigenvalue weighted by Gasteiger charge is -2.42. The normalized spacial score (nSPS) is 25.7. The van der Waals surface area contributed by atoms with Crippen LogP contribution in [0.25, 0.3) is 0 Å². The Morgan fingerprint density at radius 3 is 2.46 bits per heavy atom. The Balaban J connectivity index is 1.25. The van der Waals surface area contributed by atoms with Gasteiger partial charge in [0.1, 0.15) is 0 Å². The molecule has 3 nitrogen and oxygen atoms in total. The third kappa shape index (κ3) is 4.68. The van der Waals surface area contributed by atoms with Gasteiger partial charge < -0.3 is 4.74 Å². The predicted octanol–water partition coefficient (Wildman–Crippen LogP) is 4.24. The van der Waals surface area contributed by atoms with Crippen molar-refractivity contribution in [1.29, 1.82) is 0 Å². The van der Waals surface area contributed by atoms with E-state index in [0.717, 1.165) is 25.1 Å². The van der Waals surface area contributed by atoms with Crippen molar-refractivity contribution < 1.29 is 4.74 Å². The number of hydrogen-bond donors (Lipinski definition) is 0. The highest BCUT2D eigenvalue weighted by Crippen LogP contribution is 2.29. The molecule has 0 N–H and O–H groups in total. The van der Waals surface area contributed by atoms with E-state index in [1.165, 1.54) is 82.3 Å². The predicted molar refractivity (Wildman–Crippen MR) is 107 cm³/mol. The molecule has 1 unspecified atom stereocenters. The zero-order valence-electron chi connectivity index (χ0n) is 16.5. The molecule has 0 spiro atoms. The number of ether oxygens (including phenoxy) is 1. The molecule has 0 aromatic heterocycles. The highest BCUT2D eigenvalue weighted by Gasteiger charge is 2.31. The summed E-state index contributed by atoms with van der Waals surface area (Å²) in [4.78, 5) is 5.47. The molecule has 144 valence electrons. The van der Waals surface area contributed by atoms with E-state index in [1.807, 2.05) is 0 Å². The van der Waals surface area contributed by atoms with Crippen LogP contribution in [-0.2, 0) is 11.3 Å². The Labute approximate surface area is 159 Å². The quantitative estimate of drug-likeness (QED) is 0.727. The molecule has 1 saturated carbocycles. The number of rotatable bonds is 7. The lowest BCUT2D eigenvalue weighted by Crippen LogP contribution is -2.47. The van der Waals surface area contributed by atoms with E-state index >= 15 is 0 Å². The van der Waals surface area contributed by atoms with Gasteiger partial charge in [0.15, 0.2) is 0 Å². The van der Waals surface area contributed by atoms with Crippen LogP contribution in [0.3, 0.4) is 0 Å². The number of likely N-dealkylation sites (tertiary alicyclic amines) is 1. The van der Waals surface area contributed by atoms with Gasteiger partial charge in [0.05, 0.1) is 6.10 Å². The molecule has 1 aliphatic carbocycles. The zero-order chi connectivity index (χ0) is 17.8. The fourth-order valence-corrected chi connectivity index (χ4v) is 4.86. The maximum absolute atomic E-state index is 5.94. The van der Waals surface area contributed by atoms with Crippen LogP contribution in [0, 0.1) is 12.8 Å². The summed E-state index contributed by atoms with van der Waals surface area (Å²) >= 11 is 0. The molecule has 2 heterocycles. The Morgan fingerprint density at radius 1 is 1.00 bits per heavy atom. The minimum absolute atomic E-state index is 0.511. The fraction of sp³-hybridized carbons (Fsp3) is 0.739. The first-order valence-corrected chi connectivity index (χ1v) is 10.9. The van der Waals surface area contributed by atoms with E-state index < -0.39 is 0 Å². The Kier molecular flexibility index (Phi) is 6.29. The molecule has 2 saturated heterocycles. The van der Waals surface area contributed by atoms with Crippen LogP contribution in [0.15, 0.2) is 24.3 Å². The van der Waals surface area contributed by atoms with Crippen molar-refractivity contribution in [2.75, 3.05) is 32.8 Å². The summed E-state index contributed by atoms with van der Waals surface area (Å²) in [6.07, 6.45) is 10.0. The molecule has 2 aliphatic heterocycles. The molecule has 3 aliphatic rings. The summed E-state index contributed by atoms with van der Waals surface area (Å²) in [5.74, 6) is 0.880. The molecule has 0 bridgehead atoms. The van der Waals surface area contributed by atoms with E-state index in [0.29, 0.717) is 6.10 Å². The maximum atomic E-state index is 5.94. The topological polar surface area (TPSA) is 15.7 Å². The smallest absolute Gasteiger partial charge is 0.0702 e. The second-order valence-corrected chi connectivity index (χ2v) is 8.82. The van der Waals surface area contributed by atoms with Gasteiger partial charge in [-0.2, -0.15) is 0 Å². The van der Waals surface area contributed by atoms with Crippen LogP contribution in [0.1, 0.15) is 56.1 Å². The summed E-state index contributed by atoms with van der Waals surface area (Å²) < 4.78 is 5.94. The van der Waals surface area contributed by atoms with Gasteiger partial charge in [-0.05, 0) is 75.6 Å². The summed E-state index contributed by atoms with van der Waals surface area (Å²) in [5, 5.41) is 0. The van der Waals surface area contributed by atoms with Crippen molar-refractivity contribution in [2.45, 2.75) is 70.6 Å². The maximum Gasteiger partial charge on any atom is 0.0702 e. The summed E-state index contributed by atoms with van der Waals surface area (Å²) in [5.41, 5.74) is 2.93. The minimum atomic E-state index is 0.511. The average molecular weight is 357 g/mol. The Morgan fingerprint density at radius 2 is 1.81 bits per heavy atom. The van der Waals surface area contributed by atoms with Crippen LogP contribution >= 0.6 is 0 Å². The average Bonchev–Trinajstić information content (AvgIpc) is 3.10. The van der Waals surface area contributed by atoms with Crippen molar-refractivity contribution in [3.63, 3.8) is 0 Å². The molecular formula is C23H36N2O. The molecular weight excluding hydrogens is 320 g/mol. The van der Waals surface area contributed by atoms with Crippen LogP contribution in [0.5, 0.6) is 0 Å². The molecule has 3 fully saturated rings. The van der Waals surface area contributed by atoms with Gasteiger partial charge in [-0.25, -0.2) is 0 Å². The van der Waals surface area contributed by atoms with Gasteiger partial charge in [-0.15, -0.1) is 0 Å². The standard InChI is InChI=1S/C23H36N2O/c1-19-6-2-3-7-21(19)17-24-13-11-20(12-14-24)16-25(22-8-4-9-22)18-23-10-5-15-26-23/h2-3,6-7,20,22-23H,4-5,8-18H2,1H3. The molecule has 1 aromatic carbocycles. The number of piperidine rings is 1. The molecule has 0 radical (unpaired) electrons. The first-order chi connectivity index (χ1) is 12.8. The van der Waals surface area contributed by atoms with E-state index in [4.69, 9.17) is 4.74 Å². The SMILES string of the molecule is Cc1ccccc1CN1CCC(CN(CC2CCCO2)C2CCC2)CC1. The Bertz CT molecular complexity index is 557. The van der Waals surface area contributed by atoms with Gasteiger partial charge in [-0.3, -0.25) is 9.80 Å². The third-order valence-electron chi connectivity index (χ3n) is 6.91. The highest BCUT2D eigenvalue weighted by atomic mass is 16.5. The molecule has 4 rings (SSSR count). The van der Waals surface area contributed by atoms with Gasteiger partial charge in [-0.1, -0.05) is 30.7 Å². The number of nitrogens with zero attached hydrogens (tertiary/aromatic N) is 2. The van der Waals surface area contributed by atoms with Crippen molar-refractivity contribution >= 4 is 0 Å². The number of aryl methyl sites for hydroxylation is 1. The second kappa shape index (κ2) is 8.86. The lowest BCUT2D eigenvalue weighted by molar-refractivity contribution is 0.0225. The summed E-state index contributed by atoms with van der Waals surface area (Å²) in [7, 11) is 0. The molecule has 3 heteroatoms. The number of hydrogen-bond acceptors (Lipinski definition) is 3. The fourth-order valence-electron chi connectivity index (χ4n) is 4.86. The Hall–Kier alpha value is -0.900. The largest absolute Gasteiger partial charge is 0.377 e. The van der Waals surface area contributed by atoms with Crippen molar-refractivity contribution in [2.24, 2.45) is 5.92 Å². The van der Waals surface area contributed by atoms with Gasteiger partial charge in [0, 0.05) is 32.3 Å². The van der Waals surface area contributed by atoms with E-state index in [1.54, 1.807) is 0 Å². The van der Waals surface area contributed by atoms with Crippen LogP contribution in [-0.4, -0.2) is 54.7 Å². The van der Waals surface area contributed by atoms with E-state index in [2.05, 4.69) is 41.0 Å². The highest BCUT2D eigenvalue weighted by molar-refractivity contribution is 5.25. The van der Waals surface area contributed by atoms with E-state index in [-0.39, 0.29) is 0 Å². The summed E-state index contributed by atoms with van der Waals surface area (Å²) in [6, 6.07) is 9.71.